The van der Waals surface area contributed by atoms with E-state index in [4.69, 9.17) is 9.47 Å². The minimum Gasteiger partial charge on any atom is -0.492 e. The summed E-state index contributed by atoms with van der Waals surface area (Å²) in [5, 5.41) is 0. The van der Waals surface area contributed by atoms with Crippen molar-refractivity contribution in [1.82, 2.24) is 14.7 Å². The summed E-state index contributed by atoms with van der Waals surface area (Å²) in [6, 6.07) is 13.9. The van der Waals surface area contributed by atoms with Crippen LogP contribution in [-0.2, 0) is 22.6 Å². The molecule has 2 aliphatic heterocycles. The van der Waals surface area contributed by atoms with Crippen LogP contribution < -0.4 is 9.64 Å². The van der Waals surface area contributed by atoms with E-state index in [2.05, 4.69) is 28.0 Å². The van der Waals surface area contributed by atoms with Crippen molar-refractivity contribution in [2.24, 2.45) is 0 Å². The lowest BCUT2D eigenvalue weighted by molar-refractivity contribution is -0.116. The van der Waals surface area contributed by atoms with E-state index in [0.29, 0.717) is 37.6 Å². The van der Waals surface area contributed by atoms with Crippen LogP contribution in [0.3, 0.4) is 0 Å². The molecule has 2 aromatic rings. The minimum absolute atomic E-state index is 0.00663. The summed E-state index contributed by atoms with van der Waals surface area (Å²) in [5.41, 5.74) is 3.74. The van der Waals surface area contributed by atoms with Gasteiger partial charge in [0.25, 0.3) is 5.91 Å². The molecule has 8 nitrogen and oxygen atoms in total. The molecule has 0 saturated carbocycles. The van der Waals surface area contributed by atoms with Gasteiger partial charge in [-0.05, 0) is 62.3 Å². The molecular weight excluding hydrogens is 504 g/mol. The number of hydrogen-bond donors (Lipinski definition) is 0. The number of benzene rings is 2. The van der Waals surface area contributed by atoms with E-state index >= 15 is 0 Å². The molecule has 0 aromatic heterocycles. The van der Waals surface area contributed by atoms with Gasteiger partial charge in [-0.15, -0.1) is 0 Å². The van der Waals surface area contributed by atoms with Crippen LogP contribution in [0.1, 0.15) is 60.5 Å². The second kappa shape index (κ2) is 15.2. The van der Waals surface area contributed by atoms with Gasteiger partial charge < -0.3 is 24.2 Å². The number of nitrogens with zero attached hydrogens (tertiary/aromatic N) is 4. The third kappa shape index (κ3) is 8.78. The summed E-state index contributed by atoms with van der Waals surface area (Å²) in [6.45, 7) is 9.01. The average molecular weight is 551 g/mol. The fourth-order valence-corrected chi connectivity index (χ4v) is 5.37. The Morgan fingerprint density at radius 1 is 0.925 bits per heavy atom. The van der Waals surface area contributed by atoms with Gasteiger partial charge in [0, 0.05) is 64.0 Å². The molecule has 4 rings (SSSR count). The van der Waals surface area contributed by atoms with Crippen LogP contribution in [0.25, 0.3) is 0 Å². The lowest BCUT2D eigenvalue weighted by Crippen LogP contribution is -2.36. The predicted molar refractivity (Wildman–Crippen MR) is 159 cm³/mol. The van der Waals surface area contributed by atoms with Crippen LogP contribution in [0.5, 0.6) is 5.75 Å². The van der Waals surface area contributed by atoms with Crippen molar-refractivity contribution in [2.45, 2.75) is 52.1 Å². The first-order chi connectivity index (χ1) is 19.4. The van der Waals surface area contributed by atoms with Crippen LogP contribution in [-0.4, -0.2) is 93.2 Å². The van der Waals surface area contributed by atoms with Gasteiger partial charge in [0.1, 0.15) is 12.4 Å². The molecule has 218 valence electrons. The Kier molecular flexibility index (Phi) is 11.4. The van der Waals surface area contributed by atoms with Crippen molar-refractivity contribution in [2.75, 3.05) is 71.5 Å². The third-order valence-corrected chi connectivity index (χ3v) is 7.68. The first kappa shape index (κ1) is 30.0. The molecule has 0 atom stereocenters. The van der Waals surface area contributed by atoms with Crippen LogP contribution in [0.4, 0.5) is 5.69 Å². The maximum Gasteiger partial charge on any atom is 0.254 e. The lowest BCUT2D eigenvalue weighted by Gasteiger charge is -2.30. The highest BCUT2D eigenvalue weighted by Crippen LogP contribution is 2.28. The number of rotatable bonds is 7. The molecule has 2 amide bonds. The summed E-state index contributed by atoms with van der Waals surface area (Å²) in [4.78, 5) is 35.1. The summed E-state index contributed by atoms with van der Waals surface area (Å²) >= 11 is 0. The molecule has 0 unspecified atom stereocenters. The van der Waals surface area contributed by atoms with Gasteiger partial charge in [-0.2, -0.15) is 0 Å². The molecule has 1 saturated heterocycles. The highest BCUT2D eigenvalue weighted by Gasteiger charge is 2.23. The number of anilines is 1. The quantitative estimate of drug-likeness (QED) is 0.509. The highest BCUT2D eigenvalue weighted by molar-refractivity contribution is 5.95. The highest BCUT2D eigenvalue weighted by atomic mass is 16.5. The Bertz CT molecular complexity index is 1120. The maximum absolute atomic E-state index is 13.9. The zero-order valence-electron chi connectivity index (χ0n) is 24.6. The molecule has 1 fully saturated rings. The van der Waals surface area contributed by atoms with Crippen molar-refractivity contribution in [3.8, 4) is 5.75 Å². The van der Waals surface area contributed by atoms with Gasteiger partial charge in [0.05, 0.1) is 13.2 Å². The van der Waals surface area contributed by atoms with Crippen molar-refractivity contribution < 1.29 is 19.1 Å². The van der Waals surface area contributed by atoms with Crippen LogP contribution in [0.15, 0.2) is 42.5 Å². The molecule has 2 aromatic carbocycles. The minimum atomic E-state index is -0.00663. The smallest absolute Gasteiger partial charge is 0.254 e. The van der Waals surface area contributed by atoms with Gasteiger partial charge in [-0.3, -0.25) is 14.5 Å². The summed E-state index contributed by atoms with van der Waals surface area (Å²) in [6.07, 6.45) is 5.20. The fourth-order valence-electron chi connectivity index (χ4n) is 5.37. The van der Waals surface area contributed by atoms with E-state index < -0.39 is 0 Å². The Morgan fingerprint density at radius 3 is 2.42 bits per heavy atom. The van der Waals surface area contributed by atoms with Gasteiger partial charge in [0.15, 0.2) is 0 Å². The first-order valence-electron chi connectivity index (χ1n) is 14.8. The molecule has 0 bridgehead atoms. The van der Waals surface area contributed by atoms with Crippen molar-refractivity contribution in [1.29, 1.82) is 0 Å². The zero-order valence-corrected chi connectivity index (χ0v) is 24.6. The summed E-state index contributed by atoms with van der Waals surface area (Å²) in [7, 11) is 4.02. The Labute approximate surface area is 239 Å². The number of carbonyl (C=O) groups is 2. The third-order valence-electron chi connectivity index (χ3n) is 7.68. The fraction of sp³-hybridized carbons (Fsp3) is 0.562. The summed E-state index contributed by atoms with van der Waals surface area (Å²) < 4.78 is 11.4. The van der Waals surface area contributed by atoms with E-state index in [1.54, 1.807) is 6.92 Å². The Balaban J connectivity index is 1.60. The topological polar surface area (TPSA) is 65.6 Å². The van der Waals surface area contributed by atoms with E-state index in [1.165, 1.54) is 5.56 Å². The van der Waals surface area contributed by atoms with Crippen LogP contribution >= 0.6 is 0 Å². The van der Waals surface area contributed by atoms with E-state index in [1.807, 2.05) is 48.2 Å². The first-order valence-corrected chi connectivity index (χ1v) is 14.8. The van der Waals surface area contributed by atoms with E-state index in [9.17, 15) is 9.59 Å². The molecule has 40 heavy (non-hydrogen) atoms. The average Bonchev–Trinajstić information content (AvgIpc) is 2.94. The second-order valence-corrected chi connectivity index (χ2v) is 11.2. The van der Waals surface area contributed by atoms with Crippen molar-refractivity contribution in [3.05, 3.63) is 59.2 Å². The Morgan fingerprint density at radius 2 is 1.68 bits per heavy atom. The maximum atomic E-state index is 13.9. The molecule has 2 heterocycles. The van der Waals surface area contributed by atoms with Crippen LogP contribution in [0, 0.1) is 0 Å². The van der Waals surface area contributed by atoms with Crippen molar-refractivity contribution >= 4 is 17.5 Å². The predicted octanol–water partition coefficient (Wildman–Crippen LogP) is 4.42. The van der Waals surface area contributed by atoms with Crippen LogP contribution in [0.2, 0.25) is 0 Å². The largest absolute Gasteiger partial charge is 0.492 e. The molecular formula is C32H46N4O4. The standard InChI is InChI=1S/C32H46N4O4/c1-26(37)36-15-8-6-4-5-7-14-35(32(38)28-10-9-11-30(23-28)40-21-16-33(2)3)25-29-13-12-27(22-31(29)36)24-34-17-19-39-20-18-34/h9-13,22-23H,4-8,14-21,24-25H2,1-3H3. The number of morpholine rings is 1. The number of carbonyl (C=O) groups excluding carboxylic acids is 2. The number of ether oxygens (including phenoxy) is 2. The molecule has 0 aliphatic carbocycles. The molecule has 0 spiro atoms. The molecule has 2 aliphatic rings. The molecule has 0 radical (unpaired) electrons. The van der Waals surface area contributed by atoms with Gasteiger partial charge in [-0.25, -0.2) is 0 Å². The monoisotopic (exact) mass is 550 g/mol. The molecule has 8 heteroatoms. The SMILES string of the molecule is CC(=O)N1CCCCCCCN(C(=O)c2cccc(OCCN(C)C)c2)Cc2ccc(CN3CCOCC3)cc21. The lowest BCUT2D eigenvalue weighted by atomic mass is 10.0. The van der Waals surface area contributed by atoms with E-state index in [-0.39, 0.29) is 11.8 Å². The number of likely N-dealkylation sites (N-methyl/N-ethyl adjacent to an activating group) is 1. The van der Waals surface area contributed by atoms with Crippen molar-refractivity contribution in [3.63, 3.8) is 0 Å². The molecule has 0 N–H and O–H groups in total. The normalized spacial score (nSPS) is 17.6. The summed E-state index contributed by atoms with van der Waals surface area (Å²) in [5.74, 6) is 0.744. The number of amides is 2. The second-order valence-electron chi connectivity index (χ2n) is 11.2. The Hall–Kier alpha value is -2.94. The van der Waals surface area contributed by atoms with Gasteiger partial charge >= 0.3 is 0 Å². The van der Waals surface area contributed by atoms with Gasteiger partial charge in [0.2, 0.25) is 5.91 Å². The number of hydrogen-bond acceptors (Lipinski definition) is 6. The zero-order chi connectivity index (χ0) is 28.3. The van der Waals surface area contributed by atoms with E-state index in [0.717, 1.165) is 82.7 Å². The number of fused-ring (bicyclic) bond motifs is 1. The van der Waals surface area contributed by atoms with Gasteiger partial charge in [-0.1, -0.05) is 37.5 Å².